The van der Waals surface area contributed by atoms with E-state index in [0.717, 1.165) is 24.3 Å². The molecule has 3 aromatic rings. The van der Waals surface area contributed by atoms with Crippen molar-refractivity contribution >= 4 is 41.1 Å². The molecule has 0 aliphatic heterocycles. The van der Waals surface area contributed by atoms with E-state index in [1.807, 2.05) is 0 Å². The maximum atomic E-state index is 12.9. The summed E-state index contributed by atoms with van der Waals surface area (Å²) in [6.45, 7) is 1.67. The summed E-state index contributed by atoms with van der Waals surface area (Å²) in [5.41, 5.74) is -1.02. The smallest absolute Gasteiger partial charge is 0.416 e. The van der Waals surface area contributed by atoms with Gasteiger partial charge in [0.25, 0.3) is 5.91 Å². The van der Waals surface area contributed by atoms with Crippen LogP contribution in [0.25, 0.3) is 6.08 Å². The van der Waals surface area contributed by atoms with Crippen molar-refractivity contribution in [3.8, 4) is 6.07 Å². The average molecular weight is 554 g/mol. The van der Waals surface area contributed by atoms with Crippen LogP contribution in [-0.4, -0.2) is 30.3 Å². The molecule has 1 heterocycles. The normalized spacial score (nSPS) is 11.2. The summed E-state index contributed by atoms with van der Waals surface area (Å²) in [5, 5.41) is 16.3. The number of rotatable bonds is 8. The highest BCUT2D eigenvalue weighted by atomic mass is 19.4. The molecule has 0 unspecified atom stereocenters. The Hall–Kier alpha value is -5.38. The number of anilines is 2. The summed E-state index contributed by atoms with van der Waals surface area (Å²) in [6, 6.07) is 14.1. The maximum Gasteiger partial charge on any atom is 0.416 e. The van der Waals surface area contributed by atoms with Crippen molar-refractivity contribution in [3.63, 3.8) is 0 Å². The van der Waals surface area contributed by atoms with Crippen LogP contribution in [0.2, 0.25) is 0 Å². The second-order valence-corrected chi connectivity index (χ2v) is 7.94. The molecule has 0 bridgehead atoms. The number of nitriles is 1. The number of nitrogens with one attached hydrogen (secondary N) is 3. The highest BCUT2D eigenvalue weighted by Crippen LogP contribution is 2.30. The molecule has 3 amide bonds. The van der Waals surface area contributed by atoms with Crippen molar-refractivity contribution in [2.45, 2.75) is 19.6 Å². The maximum absolute atomic E-state index is 12.9. The third-order valence-electron chi connectivity index (χ3n) is 5.07. The number of ether oxygens (including phenoxy) is 1. The highest BCUT2D eigenvalue weighted by molar-refractivity contribution is 6.39. The number of alkyl halides is 3. The fraction of sp³-hybridized carbons (Fsp3) is 0.148. The van der Waals surface area contributed by atoms with Crippen LogP contribution < -0.4 is 16.0 Å². The molecule has 13 heteroatoms. The van der Waals surface area contributed by atoms with Gasteiger partial charge >= 0.3 is 24.0 Å². The van der Waals surface area contributed by atoms with Crippen LogP contribution in [0.15, 0.2) is 70.7 Å². The van der Waals surface area contributed by atoms with E-state index in [4.69, 9.17) is 9.15 Å². The number of hydrogen-bond acceptors (Lipinski definition) is 7. The summed E-state index contributed by atoms with van der Waals surface area (Å²) < 4.78 is 49.0. The van der Waals surface area contributed by atoms with Gasteiger partial charge < -0.3 is 25.1 Å². The third kappa shape index (κ3) is 8.06. The van der Waals surface area contributed by atoms with Gasteiger partial charge in [-0.05, 0) is 61.5 Å². The van der Waals surface area contributed by atoms with Gasteiger partial charge in [-0.3, -0.25) is 14.4 Å². The monoisotopic (exact) mass is 554 g/mol. The van der Waals surface area contributed by atoms with E-state index >= 15 is 0 Å². The molecular weight excluding hydrogens is 533 g/mol. The lowest BCUT2D eigenvalue weighted by Crippen LogP contribution is -2.34. The second-order valence-electron chi connectivity index (χ2n) is 7.94. The number of benzene rings is 2. The van der Waals surface area contributed by atoms with Crippen LogP contribution in [0.3, 0.4) is 0 Å². The molecule has 206 valence electrons. The SMILES string of the molecule is CCOC(=O)c1ccc(NC(=O)C(=O)NCc2ccc(/C=C(/C#N)C(=O)Nc3cccc(C(F)(F)F)c3)o2)cc1. The molecule has 0 radical (unpaired) electrons. The van der Waals surface area contributed by atoms with E-state index in [0.29, 0.717) is 0 Å². The van der Waals surface area contributed by atoms with Crippen LogP contribution in [-0.2, 0) is 31.8 Å². The van der Waals surface area contributed by atoms with Gasteiger partial charge in [0.1, 0.15) is 23.2 Å². The van der Waals surface area contributed by atoms with Crippen molar-refractivity contribution in [2.24, 2.45) is 0 Å². The fourth-order valence-corrected chi connectivity index (χ4v) is 3.17. The van der Waals surface area contributed by atoms with E-state index in [1.165, 1.54) is 42.5 Å². The summed E-state index contributed by atoms with van der Waals surface area (Å²) in [5.74, 6) is -3.22. The number of carbonyl (C=O) groups excluding carboxylic acids is 4. The molecule has 0 saturated heterocycles. The molecule has 3 N–H and O–H groups in total. The first-order chi connectivity index (χ1) is 19.0. The summed E-state index contributed by atoms with van der Waals surface area (Å²) in [6.07, 6.45) is -3.53. The van der Waals surface area contributed by atoms with E-state index in [2.05, 4.69) is 16.0 Å². The molecule has 0 fully saturated rings. The van der Waals surface area contributed by atoms with Gasteiger partial charge in [0, 0.05) is 17.5 Å². The Kier molecular flexibility index (Phi) is 9.43. The molecular formula is C27H21F3N4O6. The summed E-state index contributed by atoms with van der Waals surface area (Å²) in [7, 11) is 0. The summed E-state index contributed by atoms with van der Waals surface area (Å²) in [4.78, 5) is 48.4. The van der Waals surface area contributed by atoms with Crippen LogP contribution in [0.4, 0.5) is 24.5 Å². The lowest BCUT2D eigenvalue weighted by atomic mass is 10.1. The highest BCUT2D eigenvalue weighted by Gasteiger charge is 2.30. The van der Waals surface area contributed by atoms with Gasteiger partial charge in [-0.25, -0.2) is 4.79 Å². The minimum atomic E-state index is -4.60. The Morgan fingerprint density at radius 1 is 0.950 bits per heavy atom. The number of furan rings is 1. The van der Waals surface area contributed by atoms with E-state index in [9.17, 15) is 37.6 Å². The molecule has 2 aromatic carbocycles. The van der Waals surface area contributed by atoms with Gasteiger partial charge in [-0.1, -0.05) is 6.07 Å². The Morgan fingerprint density at radius 2 is 1.65 bits per heavy atom. The first-order valence-electron chi connectivity index (χ1n) is 11.6. The van der Waals surface area contributed by atoms with Gasteiger partial charge in [-0.2, -0.15) is 18.4 Å². The molecule has 3 rings (SSSR count). The first kappa shape index (κ1) is 29.2. The predicted molar refractivity (Wildman–Crippen MR) is 135 cm³/mol. The minimum absolute atomic E-state index is 0.0473. The van der Waals surface area contributed by atoms with Gasteiger partial charge in [0.15, 0.2) is 0 Å². The molecule has 0 spiro atoms. The van der Waals surface area contributed by atoms with E-state index in [1.54, 1.807) is 13.0 Å². The van der Waals surface area contributed by atoms with Crippen LogP contribution in [0.1, 0.15) is 34.4 Å². The zero-order chi connectivity index (χ0) is 29.3. The van der Waals surface area contributed by atoms with Crippen molar-refractivity contribution in [1.29, 1.82) is 5.26 Å². The lowest BCUT2D eigenvalue weighted by Gasteiger charge is -2.09. The number of hydrogen-bond donors (Lipinski definition) is 3. The first-order valence-corrected chi connectivity index (χ1v) is 11.6. The Balaban J connectivity index is 1.56. The van der Waals surface area contributed by atoms with E-state index in [-0.39, 0.29) is 41.6 Å². The van der Waals surface area contributed by atoms with Crippen LogP contribution in [0, 0.1) is 11.3 Å². The Labute approximate surface area is 225 Å². The molecule has 0 saturated carbocycles. The number of halogens is 3. The minimum Gasteiger partial charge on any atom is -0.462 e. The number of esters is 1. The van der Waals surface area contributed by atoms with Gasteiger partial charge in [-0.15, -0.1) is 0 Å². The predicted octanol–water partition coefficient (Wildman–Crippen LogP) is 4.28. The molecule has 0 aliphatic carbocycles. The lowest BCUT2D eigenvalue weighted by molar-refractivity contribution is -0.137. The number of nitrogens with zero attached hydrogens (tertiary/aromatic N) is 1. The van der Waals surface area contributed by atoms with Gasteiger partial charge in [0.2, 0.25) is 0 Å². The zero-order valence-electron chi connectivity index (χ0n) is 20.8. The number of amides is 3. The summed E-state index contributed by atoms with van der Waals surface area (Å²) >= 11 is 0. The number of carbonyl (C=O) groups is 4. The van der Waals surface area contributed by atoms with Crippen molar-refractivity contribution in [1.82, 2.24) is 5.32 Å². The third-order valence-corrected chi connectivity index (χ3v) is 5.07. The second kappa shape index (κ2) is 12.9. The van der Waals surface area contributed by atoms with Crippen LogP contribution in [0.5, 0.6) is 0 Å². The molecule has 1 aromatic heterocycles. The van der Waals surface area contributed by atoms with Crippen molar-refractivity contribution < 1.29 is 41.5 Å². The van der Waals surface area contributed by atoms with Gasteiger partial charge in [0.05, 0.1) is 24.3 Å². The fourth-order valence-electron chi connectivity index (χ4n) is 3.17. The largest absolute Gasteiger partial charge is 0.462 e. The molecule has 0 aliphatic rings. The standard InChI is InChI=1S/C27H21F3N4O6/c1-2-39-26(38)16-6-8-19(9-7-16)33-25(37)24(36)32-15-22-11-10-21(40-22)12-17(14-31)23(35)34-20-5-3-4-18(13-20)27(28,29)30/h3-13H,2,15H2,1H3,(H,32,36)(H,33,37)(H,34,35)/b17-12-. The van der Waals surface area contributed by atoms with E-state index < -0.39 is 41.0 Å². The topological polar surface area (TPSA) is 151 Å². The average Bonchev–Trinajstić information content (AvgIpc) is 3.37. The Bertz CT molecular complexity index is 1490. The van der Waals surface area contributed by atoms with Crippen LogP contribution >= 0.6 is 0 Å². The molecule has 40 heavy (non-hydrogen) atoms. The molecule has 10 nitrogen and oxygen atoms in total. The quantitative estimate of drug-likeness (QED) is 0.163. The van der Waals surface area contributed by atoms with Crippen molar-refractivity contribution in [2.75, 3.05) is 17.2 Å². The molecule has 0 atom stereocenters. The Morgan fingerprint density at radius 3 is 2.30 bits per heavy atom. The zero-order valence-corrected chi connectivity index (χ0v) is 20.8. The van der Waals surface area contributed by atoms with Crippen molar-refractivity contribution in [3.05, 3.63) is 88.9 Å².